The van der Waals surface area contributed by atoms with Gasteiger partial charge in [0.15, 0.2) is 0 Å². The second-order valence-corrected chi connectivity index (χ2v) is 4.34. The minimum absolute atomic E-state index is 0.215. The number of hydrogen-bond acceptors (Lipinski definition) is 2. The molecular formula is C12H26N2O. The summed E-state index contributed by atoms with van der Waals surface area (Å²) in [7, 11) is 4.03. The molecule has 0 heterocycles. The average molecular weight is 214 g/mol. The molecule has 0 saturated carbocycles. The minimum Gasteiger partial charge on any atom is -0.355 e. The van der Waals surface area contributed by atoms with E-state index in [2.05, 4.69) is 24.1 Å². The second kappa shape index (κ2) is 8.72. The summed E-state index contributed by atoms with van der Waals surface area (Å²) in [5, 5.41) is 2.99. The van der Waals surface area contributed by atoms with Gasteiger partial charge in [-0.05, 0) is 26.9 Å². The molecule has 1 N–H and O–H groups in total. The van der Waals surface area contributed by atoms with E-state index in [9.17, 15) is 4.79 Å². The van der Waals surface area contributed by atoms with Crippen LogP contribution in [0.2, 0.25) is 0 Å². The van der Waals surface area contributed by atoms with Crippen LogP contribution in [-0.4, -0.2) is 38.0 Å². The largest absolute Gasteiger partial charge is 0.355 e. The minimum atomic E-state index is 0.215. The highest BCUT2D eigenvalue weighted by Crippen LogP contribution is 2.12. The van der Waals surface area contributed by atoms with Crippen molar-refractivity contribution < 1.29 is 4.79 Å². The third kappa shape index (κ3) is 7.37. The maximum absolute atomic E-state index is 11.7. The molecule has 3 nitrogen and oxygen atoms in total. The van der Waals surface area contributed by atoms with Gasteiger partial charge in [0.1, 0.15) is 0 Å². The summed E-state index contributed by atoms with van der Waals surface area (Å²) in [6.07, 6.45) is 4.30. The Morgan fingerprint density at radius 2 is 2.00 bits per heavy atom. The van der Waals surface area contributed by atoms with Gasteiger partial charge < -0.3 is 10.2 Å². The molecule has 15 heavy (non-hydrogen) atoms. The lowest BCUT2D eigenvalue weighted by Crippen LogP contribution is -2.35. The van der Waals surface area contributed by atoms with Crippen molar-refractivity contribution in [2.75, 3.05) is 27.2 Å². The molecule has 1 atom stereocenters. The Balaban J connectivity index is 3.73. The van der Waals surface area contributed by atoms with Crippen molar-refractivity contribution >= 4 is 5.91 Å². The number of unbranched alkanes of at least 4 members (excludes halogenated alkanes) is 1. The smallest absolute Gasteiger partial charge is 0.223 e. The first kappa shape index (κ1) is 14.4. The summed E-state index contributed by atoms with van der Waals surface area (Å²) in [5.74, 6) is 0.444. The third-order valence-corrected chi connectivity index (χ3v) is 2.63. The van der Waals surface area contributed by atoms with Crippen LogP contribution in [0.15, 0.2) is 0 Å². The molecule has 1 amide bonds. The van der Waals surface area contributed by atoms with Gasteiger partial charge in [0.2, 0.25) is 5.91 Å². The summed E-state index contributed by atoms with van der Waals surface area (Å²) in [6.45, 7) is 5.92. The lowest BCUT2D eigenvalue weighted by molar-refractivity contribution is -0.125. The zero-order chi connectivity index (χ0) is 11.7. The number of nitrogens with one attached hydrogen (secondary N) is 1. The molecule has 90 valence electrons. The van der Waals surface area contributed by atoms with Crippen LogP contribution >= 0.6 is 0 Å². The van der Waals surface area contributed by atoms with Crippen LogP contribution in [0.25, 0.3) is 0 Å². The summed E-state index contributed by atoms with van der Waals surface area (Å²) in [4.78, 5) is 13.8. The van der Waals surface area contributed by atoms with Crippen molar-refractivity contribution in [2.24, 2.45) is 5.92 Å². The summed E-state index contributed by atoms with van der Waals surface area (Å²) >= 11 is 0. The van der Waals surface area contributed by atoms with E-state index in [0.29, 0.717) is 0 Å². The molecule has 0 radical (unpaired) electrons. The highest BCUT2D eigenvalue weighted by Gasteiger charge is 2.14. The van der Waals surface area contributed by atoms with Crippen LogP contribution in [-0.2, 0) is 4.79 Å². The van der Waals surface area contributed by atoms with E-state index in [1.165, 1.54) is 6.42 Å². The number of hydrogen-bond donors (Lipinski definition) is 1. The van der Waals surface area contributed by atoms with Crippen molar-refractivity contribution in [2.45, 2.75) is 39.5 Å². The van der Waals surface area contributed by atoms with Gasteiger partial charge >= 0.3 is 0 Å². The monoisotopic (exact) mass is 214 g/mol. The number of carbonyl (C=O) groups excluding carboxylic acids is 1. The SMILES string of the molecule is CCCCC(CC)C(=O)NCCN(C)C. The Labute approximate surface area is 94.2 Å². The molecule has 0 fully saturated rings. The highest BCUT2D eigenvalue weighted by atomic mass is 16.1. The summed E-state index contributed by atoms with van der Waals surface area (Å²) in [6, 6.07) is 0. The normalized spacial score (nSPS) is 12.9. The first-order chi connectivity index (χ1) is 7.11. The number of rotatable bonds is 8. The van der Waals surface area contributed by atoms with Gasteiger partial charge in [0, 0.05) is 19.0 Å². The molecule has 0 aromatic heterocycles. The molecule has 0 aromatic carbocycles. The van der Waals surface area contributed by atoms with E-state index in [-0.39, 0.29) is 11.8 Å². The zero-order valence-corrected chi connectivity index (χ0v) is 10.7. The van der Waals surface area contributed by atoms with Crippen LogP contribution in [0, 0.1) is 5.92 Å². The Morgan fingerprint density at radius 3 is 2.47 bits per heavy atom. The molecule has 0 spiro atoms. The number of carbonyl (C=O) groups is 1. The fraction of sp³-hybridized carbons (Fsp3) is 0.917. The van der Waals surface area contributed by atoms with Gasteiger partial charge in [-0.25, -0.2) is 0 Å². The van der Waals surface area contributed by atoms with E-state index < -0.39 is 0 Å². The van der Waals surface area contributed by atoms with Crippen molar-refractivity contribution in [3.63, 3.8) is 0 Å². The van der Waals surface area contributed by atoms with Crippen LogP contribution in [0.1, 0.15) is 39.5 Å². The van der Waals surface area contributed by atoms with Gasteiger partial charge in [0.05, 0.1) is 0 Å². The number of nitrogens with zero attached hydrogens (tertiary/aromatic N) is 1. The first-order valence-corrected chi connectivity index (χ1v) is 6.04. The van der Waals surface area contributed by atoms with Gasteiger partial charge in [-0.1, -0.05) is 26.7 Å². The first-order valence-electron chi connectivity index (χ1n) is 6.04. The molecule has 0 aromatic rings. The Bertz CT molecular complexity index is 169. The molecule has 0 saturated heterocycles. The molecule has 0 aliphatic heterocycles. The van der Waals surface area contributed by atoms with Gasteiger partial charge in [0.25, 0.3) is 0 Å². The molecule has 3 heteroatoms. The quantitative estimate of drug-likeness (QED) is 0.669. The number of amides is 1. The summed E-state index contributed by atoms with van der Waals surface area (Å²) < 4.78 is 0. The lowest BCUT2D eigenvalue weighted by atomic mass is 9.98. The van der Waals surface area contributed by atoms with Crippen molar-refractivity contribution in [1.29, 1.82) is 0 Å². The van der Waals surface area contributed by atoms with E-state index in [1.807, 2.05) is 14.1 Å². The van der Waals surface area contributed by atoms with E-state index in [1.54, 1.807) is 0 Å². The van der Waals surface area contributed by atoms with Crippen LogP contribution in [0.4, 0.5) is 0 Å². The van der Waals surface area contributed by atoms with Crippen LogP contribution < -0.4 is 5.32 Å². The Kier molecular flexibility index (Phi) is 8.38. The number of likely N-dealkylation sites (N-methyl/N-ethyl adjacent to an activating group) is 1. The van der Waals surface area contributed by atoms with E-state index in [4.69, 9.17) is 0 Å². The molecule has 0 aliphatic carbocycles. The van der Waals surface area contributed by atoms with E-state index in [0.717, 1.165) is 32.4 Å². The van der Waals surface area contributed by atoms with Crippen LogP contribution in [0.3, 0.4) is 0 Å². The van der Waals surface area contributed by atoms with E-state index >= 15 is 0 Å². The molecule has 0 aliphatic rings. The maximum atomic E-state index is 11.7. The van der Waals surface area contributed by atoms with Gasteiger partial charge in [-0.2, -0.15) is 0 Å². The molecule has 1 unspecified atom stereocenters. The van der Waals surface area contributed by atoms with Gasteiger partial charge in [-0.3, -0.25) is 4.79 Å². The summed E-state index contributed by atoms with van der Waals surface area (Å²) in [5.41, 5.74) is 0. The highest BCUT2D eigenvalue weighted by molar-refractivity contribution is 5.78. The molecular weight excluding hydrogens is 188 g/mol. The predicted molar refractivity (Wildman–Crippen MR) is 64.9 cm³/mol. The van der Waals surface area contributed by atoms with Crippen molar-refractivity contribution in [3.05, 3.63) is 0 Å². The molecule has 0 rings (SSSR count). The Hall–Kier alpha value is -0.570. The Morgan fingerprint density at radius 1 is 1.33 bits per heavy atom. The lowest BCUT2D eigenvalue weighted by Gasteiger charge is -2.16. The zero-order valence-electron chi connectivity index (χ0n) is 10.7. The molecule has 0 bridgehead atoms. The van der Waals surface area contributed by atoms with Gasteiger partial charge in [-0.15, -0.1) is 0 Å². The van der Waals surface area contributed by atoms with Crippen LogP contribution in [0.5, 0.6) is 0 Å². The van der Waals surface area contributed by atoms with Crippen molar-refractivity contribution in [3.8, 4) is 0 Å². The maximum Gasteiger partial charge on any atom is 0.223 e. The predicted octanol–water partition coefficient (Wildman–Crippen LogP) is 1.88. The standard InChI is InChI=1S/C12H26N2O/c1-5-7-8-11(6-2)12(15)13-9-10-14(3)4/h11H,5-10H2,1-4H3,(H,13,15). The third-order valence-electron chi connectivity index (χ3n) is 2.63. The topological polar surface area (TPSA) is 32.3 Å². The second-order valence-electron chi connectivity index (χ2n) is 4.34. The fourth-order valence-electron chi connectivity index (χ4n) is 1.52. The fourth-order valence-corrected chi connectivity index (χ4v) is 1.52. The van der Waals surface area contributed by atoms with Crippen molar-refractivity contribution in [1.82, 2.24) is 10.2 Å². The average Bonchev–Trinajstić information content (AvgIpc) is 2.18.